The summed E-state index contributed by atoms with van der Waals surface area (Å²) in [6.07, 6.45) is 1.39. The first-order valence-corrected chi connectivity index (χ1v) is 6.23. The Kier molecular flexibility index (Phi) is 3.06. The summed E-state index contributed by atoms with van der Waals surface area (Å²) in [5, 5.41) is 4.15. The Balaban J connectivity index is 2.23. The van der Waals surface area contributed by atoms with Gasteiger partial charge in [0.2, 0.25) is 5.43 Å². The van der Waals surface area contributed by atoms with Crippen molar-refractivity contribution in [3.05, 3.63) is 46.5 Å². The van der Waals surface area contributed by atoms with Gasteiger partial charge in [-0.2, -0.15) is 0 Å². The van der Waals surface area contributed by atoms with Crippen LogP contribution in [0.2, 0.25) is 0 Å². The van der Waals surface area contributed by atoms with Gasteiger partial charge < -0.3 is 13.7 Å². The smallest absolute Gasteiger partial charge is 0.308 e. The number of nitrogens with zero attached hydrogens (tertiary/aromatic N) is 1. The van der Waals surface area contributed by atoms with Crippen molar-refractivity contribution in [2.45, 2.75) is 13.8 Å². The molecule has 3 aromatic rings. The Bertz CT molecular complexity index is 877. The van der Waals surface area contributed by atoms with E-state index in [0.29, 0.717) is 33.7 Å². The number of hydrogen-bond acceptors (Lipinski definition) is 6. The quantitative estimate of drug-likeness (QED) is 0.531. The fourth-order valence-corrected chi connectivity index (χ4v) is 2.15. The molecule has 6 nitrogen and oxygen atoms in total. The molecule has 2 heterocycles. The van der Waals surface area contributed by atoms with Crippen molar-refractivity contribution in [2.75, 3.05) is 0 Å². The van der Waals surface area contributed by atoms with Gasteiger partial charge in [0.1, 0.15) is 29.0 Å². The van der Waals surface area contributed by atoms with E-state index in [1.54, 1.807) is 25.1 Å². The lowest BCUT2D eigenvalue weighted by Gasteiger charge is -2.06. The van der Waals surface area contributed by atoms with Gasteiger partial charge in [0.15, 0.2) is 0 Å². The van der Waals surface area contributed by atoms with Crippen molar-refractivity contribution >= 4 is 16.9 Å². The van der Waals surface area contributed by atoms with Crippen LogP contribution in [-0.2, 0) is 4.79 Å². The zero-order valence-corrected chi connectivity index (χ0v) is 11.4. The lowest BCUT2D eigenvalue weighted by Crippen LogP contribution is -2.08. The molecule has 0 fully saturated rings. The highest BCUT2D eigenvalue weighted by Gasteiger charge is 2.16. The molecule has 0 saturated heterocycles. The number of aromatic nitrogens is 1. The van der Waals surface area contributed by atoms with E-state index in [-0.39, 0.29) is 5.43 Å². The van der Waals surface area contributed by atoms with Crippen LogP contribution in [-0.4, -0.2) is 11.1 Å². The molecule has 21 heavy (non-hydrogen) atoms. The zero-order valence-electron chi connectivity index (χ0n) is 11.4. The molecule has 0 N–H and O–H groups in total. The maximum absolute atomic E-state index is 12.5. The van der Waals surface area contributed by atoms with Gasteiger partial charge in [0.05, 0.1) is 10.9 Å². The van der Waals surface area contributed by atoms with E-state index in [0.717, 1.165) is 0 Å². The fourth-order valence-electron chi connectivity index (χ4n) is 2.15. The molecule has 0 amide bonds. The number of fused-ring (bicyclic) bond motifs is 1. The minimum absolute atomic E-state index is 0.211. The molecule has 0 spiro atoms. The number of benzene rings is 1. The topological polar surface area (TPSA) is 82.5 Å². The summed E-state index contributed by atoms with van der Waals surface area (Å²) in [6.45, 7) is 2.97. The van der Waals surface area contributed by atoms with E-state index in [2.05, 4.69) is 5.16 Å². The van der Waals surface area contributed by atoms with Crippen molar-refractivity contribution in [1.29, 1.82) is 0 Å². The molecule has 2 aromatic heterocycles. The molecule has 3 rings (SSSR count). The van der Waals surface area contributed by atoms with Gasteiger partial charge in [-0.3, -0.25) is 9.59 Å². The van der Waals surface area contributed by atoms with Crippen LogP contribution in [0.15, 0.2) is 44.3 Å². The largest absolute Gasteiger partial charge is 0.460 e. The van der Waals surface area contributed by atoms with E-state index < -0.39 is 5.97 Å². The number of ether oxygens (including phenoxy) is 1. The molecule has 1 aromatic carbocycles. The molecule has 0 unspecified atom stereocenters. The van der Waals surface area contributed by atoms with Gasteiger partial charge in [0, 0.05) is 19.1 Å². The van der Waals surface area contributed by atoms with Crippen molar-refractivity contribution in [1.82, 2.24) is 5.16 Å². The first-order valence-electron chi connectivity index (χ1n) is 6.23. The van der Waals surface area contributed by atoms with Crippen molar-refractivity contribution < 1.29 is 18.5 Å². The number of carbonyl (C=O) groups excluding carboxylic acids is 1. The lowest BCUT2D eigenvalue weighted by atomic mass is 10.1. The monoisotopic (exact) mass is 285 g/mol. The molecule has 106 valence electrons. The number of hydrogen-bond donors (Lipinski definition) is 0. The Morgan fingerprint density at radius 3 is 2.76 bits per heavy atom. The molecular formula is C15H11NO5. The van der Waals surface area contributed by atoms with Crippen LogP contribution >= 0.6 is 0 Å². The van der Waals surface area contributed by atoms with Crippen molar-refractivity contribution in [2.24, 2.45) is 0 Å². The molecule has 0 aliphatic carbocycles. The van der Waals surface area contributed by atoms with Gasteiger partial charge in [-0.25, -0.2) is 0 Å². The maximum atomic E-state index is 12.5. The summed E-state index contributed by atoms with van der Waals surface area (Å²) < 4.78 is 15.4. The van der Waals surface area contributed by atoms with Crippen LogP contribution in [0.5, 0.6) is 5.75 Å². The Morgan fingerprint density at radius 2 is 2.10 bits per heavy atom. The molecule has 0 bridgehead atoms. The number of aryl methyl sites for hydroxylation is 1. The third-order valence-electron chi connectivity index (χ3n) is 3.00. The summed E-state index contributed by atoms with van der Waals surface area (Å²) in [7, 11) is 0. The minimum atomic E-state index is -0.437. The molecular weight excluding hydrogens is 274 g/mol. The lowest BCUT2D eigenvalue weighted by molar-refractivity contribution is -0.131. The maximum Gasteiger partial charge on any atom is 0.308 e. The van der Waals surface area contributed by atoms with E-state index in [4.69, 9.17) is 13.7 Å². The Morgan fingerprint density at radius 1 is 1.29 bits per heavy atom. The zero-order chi connectivity index (χ0) is 15.0. The van der Waals surface area contributed by atoms with E-state index >= 15 is 0 Å². The standard InChI is InChI=1S/C15H11NO5/c1-8-14(12-5-6-19-16-12)15(18)11-4-3-10(21-9(2)17)7-13(11)20-8/h3-7H,1-2H3. The summed E-state index contributed by atoms with van der Waals surface area (Å²) in [6, 6.07) is 6.21. The first-order chi connectivity index (χ1) is 10.1. The van der Waals surface area contributed by atoms with E-state index in [1.807, 2.05) is 0 Å². The molecule has 6 heteroatoms. The van der Waals surface area contributed by atoms with Gasteiger partial charge >= 0.3 is 5.97 Å². The van der Waals surface area contributed by atoms with Crippen LogP contribution < -0.4 is 10.2 Å². The highest BCUT2D eigenvalue weighted by Crippen LogP contribution is 2.25. The number of esters is 1. The average Bonchev–Trinajstić information content (AvgIpc) is 2.91. The third-order valence-corrected chi connectivity index (χ3v) is 3.00. The average molecular weight is 285 g/mol. The summed E-state index contributed by atoms with van der Waals surface area (Å²) in [5.74, 6) is 0.306. The van der Waals surface area contributed by atoms with E-state index in [9.17, 15) is 9.59 Å². The summed E-state index contributed by atoms with van der Waals surface area (Å²) >= 11 is 0. The summed E-state index contributed by atoms with van der Waals surface area (Å²) in [4.78, 5) is 23.5. The second-order valence-corrected chi connectivity index (χ2v) is 4.50. The first kappa shape index (κ1) is 13.1. The number of rotatable bonds is 2. The highest BCUT2D eigenvalue weighted by atomic mass is 16.5. The van der Waals surface area contributed by atoms with Gasteiger partial charge in [-0.1, -0.05) is 5.16 Å². The van der Waals surface area contributed by atoms with Crippen LogP contribution in [0, 0.1) is 6.92 Å². The van der Waals surface area contributed by atoms with Gasteiger partial charge in [-0.15, -0.1) is 0 Å². The summed E-state index contributed by atoms with van der Waals surface area (Å²) in [5.41, 5.74) is 0.921. The second-order valence-electron chi connectivity index (χ2n) is 4.50. The van der Waals surface area contributed by atoms with Crippen molar-refractivity contribution in [3.63, 3.8) is 0 Å². The third kappa shape index (κ3) is 2.31. The predicted octanol–water partition coefficient (Wildman–Crippen LogP) is 2.68. The Labute approximate surface area is 118 Å². The highest BCUT2D eigenvalue weighted by molar-refractivity contribution is 5.83. The molecule has 0 radical (unpaired) electrons. The minimum Gasteiger partial charge on any atom is -0.460 e. The number of carbonyl (C=O) groups is 1. The second kappa shape index (κ2) is 4.90. The normalized spacial score (nSPS) is 10.8. The van der Waals surface area contributed by atoms with E-state index in [1.165, 1.54) is 19.3 Å². The Hall–Kier alpha value is -2.89. The SMILES string of the molecule is CC(=O)Oc1ccc2c(=O)c(-c3ccon3)c(C)oc2c1. The van der Waals surface area contributed by atoms with Crippen LogP contribution in [0.3, 0.4) is 0 Å². The predicted molar refractivity (Wildman–Crippen MR) is 74.0 cm³/mol. The molecule has 0 aliphatic rings. The van der Waals surface area contributed by atoms with Gasteiger partial charge in [0.25, 0.3) is 0 Å². The van der Waals surface area contributed by atoms with Crippen LogP contribution in [0.1, 0.15) is 12.7 Å². The van der Waals surface area contributed by atoms with Crippen molar-refractivity contribution in [3.8, 4) is 17.0 Å². The van der Waals surface area contributed by atoms with Gasteiger partial charge in [-0.05, 0) is 19.1 Å². The van der Waals surface area contributed by atoms with Crippen LogP contribution in [0.4, 0.5) is 0 Å². The molecule has 0 saturated carbocycles. The molecule has 0 atom stereocenters. The fraction of sp³-hybridized carbons (Fsp3) is 0.133. The molecule has 0 aliphatic heterocycles. The van der Waals surface area contributed by atoms with Crippen LogP contribution in [0.25, 0.3) is 22.2 Å².